The minimum Gasteiger partial charge on any atom is -0.303 e. The van der Waals surface area contributed by atoms with Crippen molar-refractivity contribution in [2.24, 2.45) is 0 Å². The highest BCUT2D eigenvalue weighted by molar-refractivity contribution is 7.98. The molecule has 2 nitrogen and oxygen atoms in total. The van der Waals surface area contributed by atoms with Crippen molar-refractivity contribution in [2.45, 2.75) is 6.42 Å². The fraction of sp³-hybridized carbons (Fsp3) is 0.500. The predicted molar refractivity (Wildman–Crippen MR) is 60.2 cm³/mol. The van der Waals surface area contributed by atoms with Gasteiger partial charge in [-0.25, -0.2) is 0 Å². The van der Waals surface area contributed by atoms with Crippen LogP contribution in [-0.2, 0) is 9.59 Å². The molecule has 72 valence electrons. The number of carbonyl (C=O) groups excluding carboxylic acids is 2. The molecule has 0 fully saturated rings. The summed E-state index contributed by atoms with van der Waals surface area (Å²) in [5, 5.41) is 0. The maximum Gasteiger partial charge on any atom is 0.142 e. The highest BCUT2D eigenvalue weighted by Crippen LogP contribution is 1.90. The van der Waals surface area contributed by atoms with Gasteiger partial charge in [0.2, 0.25) is 0 Å². The Balaban J connectivity index is -0.000000118. The topological polar surface area (TPSA) is 34.1 Å². The second-order valence-electron chi connectivity index (χ2n) is 1.32. The monoisotopic (exact) mass is 208 g/mol. The molecule has 0 aliphatic rings. The van der Waals surface area contributed by atoms with E-state index >= 15 is 0 Å². The van der Waals surface area contributed by atoms with Gasteiger partial charge in [0.15, 0.2) is 0 Å². The van der Waals surface area contributed by atoms with Crippen LogP contribution in [0.4, 0.5) is 0 Å². The van der Waals surface area contributed by atoms with Crippen molar-refractivity contribution < 1.29 is 9.59 Å². The number of hydrogen-bond donors (Lipinski definition) is 1. The largest absolute Gasteiger partial charge is 0.303 e. The van der Waals surface area contributed by atoms with Crippen molar-refractivity contribution in [2.75, 3.05) is 18.3 Å². The van der Waals surface area contributed by atoms with Gasteiger partial charge in [-0.15, -0.1) is 0 Å². The first kappa shape index (κ1) is 17.8. The lowest BCUT2D eigenvalue weighted by molar-refractivity contribution is -0.107. The number of thiol groups is 1. The van der Waals surface area contributed by atoms with Gasteiger partial charge in [-0.1, -0.05) is 6.58 Å². The molecule has 0 saturated carbocycles. The third-order valence-electron chi connectivity index (χ3n) is 0.536. The Hall–Kier alpha value is -0.220. The maximum absolute atomic E-state index is 9.55. The van der Waals surface area contributed by atoms with E-state index in [1.807, 2.05) is 6.26 Å². The van der Waals surface area contributed by atoms with Gasteiger partial charge in [0.25, 0.3) is 0 Å². The van der Waals surface area contributed by atoms with E-state index in [4.69, 9.17) is 4.79 Å². The molecule has 0 rings (SSSR count). The van der Waals surface area contributed by atoms with Crippen LogP contribution in [0.25, 0.3) is 0 Å². The smallest absolute Gasteiger partial charge is 0.142 e. The van der Waals surface area contributed by atoms with E-state index in [-0.39, 0.29) is 0 Å². The molecule has 0 aliphatic heterocycles. The van der Waals surface area contributed by atoms with Gasteiger partial charge in [0.05, 0.1) is 0 Å². The molecule has 0 bridgehead atoms. The van der Waals surface area contributed by atoms with Gasteiger partial charge < -0.3 is 4.79 Å². The van der Waals surface area contributed by atoms with Gasteiger partial charge >= 0.3 is 0 Å². The van der Waals surface area contributed by atoms with Crippen molar-refractivity contribution in [1.29, 1.82) is 0 Å². The number of allylic oxidation sites excluding steroid dienone is 1. The molecule has 0 aliphatic carbocycles. The molecule has 0 aromatic carbocycles. The average molecular weight is 208 g/mol. The molecular weight excluding hydrogens is 192 g/mol. The standard InChI is InChI=1S/C4H8OS.C3H4O.CH4S/c1-6-4-2-3-5;1-2-3-4;1-2/h3H,2,4H2,1H3;2-3H,1H2;2H,1H3. The van der Waals surface area contributed by atoms with Crippen molar-refractivity contribution in [3.05, 3.63) is 12.7 Å². The van der Waals surface area contributed by atoms with Crippen LogP contribution in [-0.4, -0.2) is 30.8 Å². The van der Waals surface area contributed by atoms with Crippen LogP contribution in [0.15, 0.2) is 12.7 Å². The van der Waals surface area contributed by atoms with Crippen LogP contribution in [0.3, 0.4) is 0 Å². The predicted octanol–water partition coefficient (Wildman–Crippen LogP) is 1.86. The summed E-state index contributed by atoms with van der Waals surface area (Å²) in [6, 6.07) is 0. The van der Waals surface area contributed by atoms with E-state index in [0.717, 1.165) is 12.0 Å². The summed E-state index contributed by atoms with van der Waals surface area (Å²) in [6.07, 6.45) is 7.15. The van der Waals surface area contributed by atoms with E-state index in [1.165, 1.54) is 6.08 Å². The Morgan fingerprint density at radius 1 is 1.42 bits per heavy atom. The van der Waals surface area contributed by atoms with Gasteiger partial charge in [0, 0.05) is 6.42 Å². The number of aldehydes is 2. The summed E-state index contributed by atoms with van der Waals surface area (Å²) in [5.74, 6) is 0.962. The number of rotatable bonds is 4. The third kappa shape index (κ3) is 52.8. The van der Waals surface area contributed by atoms with Crippen molar-refractivity contribution in [3.8, 4) is 0 Å². The molecule has 0 spiro atoms. The van der Waals surface area contributed by atoms with Crippen molar-refractivity contribution >= 4 is 37.0 Å². The van der Waals surface area contributed by atoms with E-state index in [9.17, 15) is 4.79 Å². The molecule has 0 amide bonds. The molecule has 0 unspecified atom stereocenters. The third-order valence-corrected chi connectivity index (χ3v) is 1.18. The summed E-state index contributed by atoms with van der Waals surface area (Å²) < 4.78 is 0. The Labute approximate surface area is 84.2 Å². The first-order valence-electron chi connectivity index (χ1n) is 3.27. The minimum absolute atomic E-state index is 0.639. The second-order valence-corrected chi connectivity index (χ2v) is 2.31. The second kappa shape index (κ2) is 30.9. The first-order valence-corrected chi connectivity index (χ1v) is 5.55. The van der Waals surface area contributed by atoms with Gasteiger partial charge in [-0.3, -0.25) is 4.79 Å². The molecule has 12 heavy (non-hydrogen) atoms. The normalized spacial score (nSPS) is 6.25. The molecule has 0 aromatic rings. The van der Waals surface area contributed by atoms with Crippen molar-refractivity contribution in [3.63, 3.8) is 0 Å². The molecule has 0 atom stereocenters. The average Bonchev–Trinajstić information content (AvgIpc) is 2.18. The minimum atomic E-state index is 0.639. The highest BCUT2D eigenvalue weighted by atomic mass is 32.2. The van der Waals surface area contributed by atoms with E-state index in [0.29, 0.717) is 12.7 Å². The van der Waals surface area contributed by atoms with E-state index < -0.39 is 0 Å². The van der Waals surface area contributed by atoms with E-state index in [1.54, 1.807) is 18.0 Å². The van der Waals surface area contributed by atoms with Crippen LogP contribution >= 0.6 is 24.4 Å². The Kier molecular flexibility index (Phi) is 45.7. The van der Waals surface area contributed by atoms with Crippen LogP contribution in [0, 0.1) is 0 Å². The fourth-order valence-electron chi connectivity index (χ4n) is 0.166. The van der Waals surface area contributed by atoms with Crippen LogP contribution in [0.5, 0.6) is 0 Å². The molecule has 0 heterocycles. The van der Waals surface area contributed by atoms with Gasteiger partial charge in [-0.05, 0) is 24.3 Å². The molecular formula is C8H16O2S2. The SMILES string of the molecule is C=CC=O.CS.CSCCC=O. The lowest BCUT2D eigenvalue weighted by Gasteiger charge is -1.79. The number of hydrogen-bond acceptors (Lipinski definition) is 4. The Bertz CT molecular complexity index is 89.1. The zero-order valence-corrected chi connectivity index (χ0v) is 9.24. The van der Waals surface area contributed by atoms with Crippen LogP contribution in [0.1, 0.15) is 6.42 Å². The lowest BCUT2D eigenvalue weighted by Crippen LogP contribution is -1.75. The molecule has 0 saturated heterocycles. The van der Waals surface area contributed by atoms with Crippen LogP contribution < -0.4 is 0 Å². The van der Waals surface area contributed by atoms with Gasteiger partial charge in [0.1, 0.15) is 12.6 Å². The molecule has 0 N–H and O–H groups in total. The quantitative estimate of drug-likeness (QED) is 0.331. The summed E-state index contributed by atoms with van der Waals surface area (Å²) >= 11 is 5.22. The summed E-state index contributed by atoms with van der Waals surface area (Å²) in [6.45, 7) is 3.11. The van der Waals surface area contributed by atoms with Crippen molar-refractivity contribution in [1.82, 2.24) is 0 Å². The first-order chi connectivity index (χ1) is 5.83. The number of thioether (sulfide) groups is 1. The lowest BCUT2D eigenvalue weighted by atomic mass is 10.6. The Morgan fingerprint density at radius 3 is 1.92 bits per heavy atom. The molecule has 4 heteroatoms. The summed E-state index contributed by atoms with van der Waals surface area (Å²) in [4.78, 5) is 18.6. The maximum atomic E-state index is 9.55. The molecule has 0 aromatic heterocycles. The zero-order chi connectivity index (χ0) is 10.2. The highest BCUT2D eigenvalue weighted by Gasteiger charge is 1.74. The van der Waals surface area contributed by atoms with Gasteiger partial charge in [-0.2, -0.15) is 24.4 Å². The summed E-state index contributed by atoms with van der Waals surface area (Å²) in [5.41, 5.74) is 0. The number of carbonyl (C=O) groups is 2. The zero-order valence-electron chi connectivity index (χ0n) is 7.53. The Morgan fingerprint density at radius 2 is 1.83 bits per heavy atom. The van der Waals surface area contributed by atoms with Crippen LogP contribution in [0.2, 0.25) is 0 Å². The molecule has 0 radical (unpaired) electrons. The fourth-order valence-corrected chi connectivity index (χ4v) is 0.498. The van der Waals surface area contributed by atoms with E-state index in [2.05, 4.69) is 19.2 Å². The summed E-state index contributed by atoms with van der Waals surface area (Å²) in [7, 11) is 0.